The summed E-state index contributed by atoms with van der Waals surface area (Å²) in [5.41, 5.74) is 4.23. The predicted octanol–water partition coefficient (Wildman–Crippen LogP) is 3.83. The van der Waals surface area contributed by atoms with Crippen LogP contribution >= 0.6 is 0 Å². The van der Waals surface area contributed by atoms with Gasteiger partial charge >= 0.3 is 12.1 Å². The van der Waals surface area contributed by atoms with Crippen LogP contribution in [0.2, 0.25) is 0 Å². The number of hydrogen-bond donors (Lipinski definition) is 2. The summed E-state index contributed by atoms with van der Waals surface area (Å²) in [6, 6.07) is 10.7. The summed E-state index contributed by atoms with van der Waals surface area (Å²) in [5, 5.41) is 0. The molecule has 6 nitrogen and oxygen atoms in total. The van der Waals surface area contributed by atoms with E-state index in [0.717, 1.165) is 12.1 Å². The van der Waals surface area contributed by atoms with Crippen molar-refractivity contribution >= 4 is 11.7 Å². The van der Waals surface area contributed by atoms with E-state index >= 15 is 0 Å². The van der Waals surface area contributed by atoms with Crippen molar-refractivity contribution in [3.8, 4) is 11.5 Å². The average Bonchev–Trinajstić information content (AvgIpc) is 2.66. The third-order valence-corrected chi connectivity index (χ3v) is 3.34. The Kier molecular flexibility index (Phi) is 6.67. The lowest BCUT2D eigenvalue weighted by Gasteiger charge is -2.15. The molecule has 148 valence electrons. The largest absolute Gasteiger partial charge is 0.421 e. The molecule has 0 aliphatic heterocycles. The molecule has 0 atom stereocenters. The Balaban J connectivity index is 2.09. The van der Waals surface area contributed by atoms with Crippen LogP contribution in [0.1, 0.15) is 11.1 Å². The number of carbonyl (C=O) groups is 1. The van der Waals surface area contributed by atoms with Gasteiger partial charge in [0.25, 0.3) is 0 Å². The van der Waals surface area contributed by atoms with Crippen molar-refractivity contribution in [2.75, 3.05) is 7.11 Å². The van der Waals surface area contributed by atoms with Crippen LogP contribution in [0.5, 0.6) is 11.5 Å². The fourth-order valence-electron chi connectivity index (χ4n) is 2.04. The standard InChI is InChI=1S/C19H17F3N2O4/c1-12(24-28-15-8-6-7-14(11-15)19(20,21)22)16-9-4-5-10-17(16)27-18(25)13(2)23-26-3/h4-11,23-24H,1-2H2,3H3. The monoisotopic (exact) mass is 394 g/mol. The van der Waals surface area contributed by atoms with E-state index in [4.69, 9.17) is 9.57 Å². The van der Waals surface area contributed by atoms with Crippen molar-refractivity contribution in [3.05, 3.63) is 78.5 Å². The number of carbonyl (C=O) groups excluding carboxylic acids is 1. The number of halogens is 3. The zero-order chi connectivity index (χ0) is 20.7. The lowest BCUT2D eigenvalue weighted by molar-refractivity contribution is -0.137. The van der Waals surface area contributed by atoms with E-state index in [9.17, 15) is 18.0 Å². The Hall–Kier alpha value is -3.46. The smallest absolute Gasteiger partial charge is 0.416 e. The number of ether oxygens (including phenoxy) is 1. The maximum atomic E-state index is 12.8. The second-order valence-corrected chi connectivity index (χ2v) is 5.38. The zero-order valence-electron chi connectivity index (χ0n) is 14.8. The number of rotatable bonds is 8. The third kappa shape index (κ3) is 5.52. The highest BCUT2D eigenvalue weighted by Crippen LogP contribution is 2.31. The molecule has 0 spiro atoms. The minimum Gasteiger partial charge on any atom is -0.421 e. The van der Waals surface area contributed by atoms with Crippen LogP contribution in [0, 0.1) is 0 Å². The number of hydrogen-bond acceptors (Lipinski definition) is 6. The molecule has 2 aromatic rings. The Labute approximate surface area is 159 Å². The summed E-state index contributed by atoms with van der Waals surface area (Å²) in [7, 11) is 1.31. The molecular weight excluding hydrogens is 377 g/mol. The first-order valence-electron chi connectivity index (χ1n) is 7.81. The number of esters is 1. The van der Waals surface area contributed by atoms with Gasteiger partial charge < -0.3 is 9.57 Å². The lowest BCUT2D eigenvalue weighted by Crippen LogP contribution is -2.23. The first kappa shape index (κ1) is 20.8. The molecule has 0 aliphatic carbocycles. The highest BCUT2D eigenvalue weighted by atomic mass is 19.4. The second kappa shape index (κ2) is 8.96. The van der Waals surface area contributed by atoms with Crippen LogP contribution in [-0.4, -0.2) is 13.1 Å². The Morgan fingerprint density at radius 3 is 2.43 bits per heavy atom. The quantitative estimate of drug-likeness (QED) is 0.307. The van der Waals surface area contributed by atoms with Crippen molar-refractivity contribution < 1.29 is 32.4 Å². The molecule has 0 unspecified atom stereocenters. The average molecular weight is 394 g/mol. The van der Waals surface area contributed by atoms with Crippen molar-refractivity contribution in [1.82, 2.24) is 11.0 Å². The van der Waals surface area contributed by atoms with Crippen LogP contribution in [0.25, 0.3) is 5.70 Å². The van der Waals surface area contributed by atoms with Gasteiger partial charge in [0.1, 0.15) is 11.4 Å². The Morgan fingerprint density at radius 1 is 1.04 bits per heavy atom. The first-order chi connectivity index (χ1) is 13.2. The van der Waals surface area contributed by atoms with Gasteiger partial charge in [-0.2, -0.15) is 13.2 Å². The molecule has 0 bridgehead atoms. The van der Waals surface area contributed by atoms with E-state index in [1.54, 1.807) is 18.2 Å². The van der Waals surface area contributed by atoms with Crippen LogP contribution in [0.15, 0.2) is 67.4 Å². The van der Waals surface area contributed by atoms with E-state index < -0.39 is 17.7 Å². The maximum absolute atomic E-state index is 12.8. The zero-order valence-corrected chi connectivity index (χ0v) is 14.8. The second-order valence-electron chi connectivity index (χ2n) is 5.38. The van der Waals surface area contributed by atoms with Crippen molar-refractivity contribution in [1.29, 1.82) is 0 Å². The molecule has 28 heavy (non-hydrogen) atoms. The van der Waals surface area contributed by atoms with Crippen molar-refractivity contribution in [3.63, 3.8) is 0 Å². The molecule has 0 saturated carbocycles. The molecule has 0 aromatic heterocycles. The molecule has 0 aliphatic rings. The van der Waals surface area contributed by atoms with Gasteiger partial charge in [-0.1, -0.05) is 31.4 Å². The molecule has 2 N–H and O–H groups in total. The van der Waals surface area contributed by atoms with Gasteiger partial charge in [0.2, 0.25) is 0 Å². The predicted molar refractivity (Wildman–Crippen MR) is 95.6 cm³/mol. The van der Waals surface area contributed by atoms with Gasteiger partial charge in [-0.15, -0.1) is 0 Å². The van der Waals surface area contributed by atoms with E-state index in [1.807, 2.05) is 0 Å². The van der Waals surface area contributed by atoms with Crippen molar-refractivity contribution in [2.45, 2.75) is 6.18 Å². The Morgan fingerprint density at radius 2 is 1.75 bits per heavy atom. The molecule has 0 heterocycles. The van der Waals surface area contributed by atoms with E-state index in [-0.39, 0.29) is 22.9 Å². The summed E-state index contributed by atoms with van der Waals surface area (Å²) in [6.45, 7) is 7.20. The van der Waals surface area contributed by atoms with Gasteiger partial charge in [-0.05, 0) is 30.3 Å². The number of nitrogens with one attached hydrogen (secondary N) is 2. The Bertz CT molecular complexity index is 881. The van der Waals surface area contributed by atoms with Gasteiger partial charge in [-0.3, -0.25) is 10.3 Å². The van der Waals surface area contributed by atoms with Crippen molar-refractivity contribution in [2.24, 2.45) is 0 Å². The number of benzene rings is 2. The van der Waals surface area contributed by atoms with Crippen LogP contribution in [-0.2, 0) is 15.8 Å². The van der Waals surface area contributed by atoms with Crippen LogP contribution in [0.4, 0.5) is 13.2 Å². The highest BCUT2D eigenvalue weighted by molar-refractivity contribution is 5.89. The van der Waals surface area contributed by atoms with Gasteiger partial charge in [0.15, 0.2) is 5.75 Å². The molecule has 0 amide bonds. The topological polar surface area (TPSA) is 68.8 Å². The summed E-state index contributed by atoms with van der Waals surface area (Å²) in [6.07, 6.45) is -4.49. The van der Waals surface area contributed by atoms with Crippen LogP contribution < -0.4 is 20.5 Å². The van der Waals surface area contributed by atoms with Gasteiger partial charge in [-0.25, -0.2) is 10.3 Å². The minimum atomic E-state index is -4.49. The highest BCUT2D eigenvalue weighted by Gasteiger charge is 2.30. The molecule has 0 saturated heterocycles. The van der Waals surface area contributed by atoms with E-state index in [1.165, 1.54) is 25.3 Å². The van der Waals surface area contributed by atoms with E-state index in [0.29, 0.717) is 5.56 Å². The minimum absolute atomic E-state index is 0.0666. The summed E-state index contributed by atoms with van der Waals surface area (Å²) in [5.74, 6) is -0.722. The SMILES string of the molecule is C=C(NOC)C(=O)Oc1ccccc1C(=C)NOc1cccc(C(F)(F)F)c1. The van der Waals surface area contributed by atoms with E-state index in [2.05, 4.69) is 29.0 Å². The molecule has 9 heteroatoms. The molecule has 0 fully saturated rings. The first-order valence-corrected chi connectivity index (χ1v) is 7.81. The number of para-hydroxylation sites is 1. The molecular formula is C19H17F3N2O4. The summed E-state index contributed by atoms with van der Waals surface area (Å²) in [4.78, 5) is 21.7. The fourth-order valence-corrected chi connectivity index (χ4v) is 2.04. The fraction of sp³-hybridized carbons (Fsp3) is 0.105. The molecule has 2 rings (SSSR count). The third-order valence-electron chi connectivity index (χ3n) is 3.34. The maximum Gasteiger partial charge on any atom is 0.416 e. The molecule has 0 radical (unpaired) electrons. The lowest BCUT2D eigenvalue weighted by atomic mass is 10.1. The summed E-state index contributed by atoms with van der Waals surface area (Å²) < 4.78 is 43.5. The normalized spacial score (nSPS) is 10.7. The molecule has 2 aromatic carbocycles. The summed E-state index contributed by atoms with van der Waals surface area (Å²) >= 11 is 0. The van der Waals surface area contributed by atoms with Crippen LogP contribution in [0.3, 0.4) is 0 Å². The van der Waals surface area contributed by atoms with Gasteiger partial charge in [0.05, 0.1) is 18.4 Å². The van der Waals surface area contributed by atoms with Gasteiger partial charge in [0, 0.05) is 5.56 Å². The number of alkyl halides is 3. The number of hydroxylamine groups is 2.